The van der Waals surface area contributed by atoms with Gasteiger partial charge in [0.15, 0.2) is 5.78 Å². The molecule has 0 unspecified atom stereocenters. The molecule has 0 atom stereocenters. The van der Waals surface area contributed by atoms with E-state index < -0.39 is 0 Å². The molecule has 0 fully saturated rings. The molecule has 0 bridgehead atoms. The summed E-state index contributed by atoms with van der Waals surface area (Å²) in [5.41, 5.74) is 1.28. The van der Waals surface area contributed by atoms with Crippen LogP contribution >= 0.6 is 0 Å². The topological polar surface area (TPSA) is 29.4 Å². The second-order valence-electron chi connectivity index (χ2n) is 3.95. The van der Waals surface area contributed by atoms with Crippen LogP contribution in [0.5, 0.6) is 0 Å². The van der Waals surface area contributed by atoms with Gasteiger partial charge in [0.05, 0.1) is 5.70 Å². The highest BCUT2D eigenvalue weighted by atomic mass is 16.1. The summed E-state index contributed by atoms with van der Waals surface area (Å²) in [6, 6.07) is 0. The van der Waals surface area contributed by atoms with Crippen LogP contribution in [-0.2, 0) is 4.79 Å². The maximum absolute atomic E-state index is 10.8. The zero-order valence-electron chi connectivity index (χ0n) is 8.56. The summed E-state index contributed by atoms with van der Waals surface area (Å²) in [6.07, 6.45) is 0. The molecule has 2 nitrogen and oxygen atoms in total. The fourth-order valence-electron chi connectivity index (χ4n) is 0.449. The van der Waals surface area contributed by atoms with E-state index in [2.05, 4.69) is 32.3 Å². The first-order valence-electron chi connectivity index (χ1n) is 4.00. The number of allylic oxidation sites excluding steroid dienone is 1. The lowest BCUT2D eigenvalue weighted by Gasteiger charge is -2.17. The number of aliphatic imine (C=N–C) groups is 1. The van der Waals surface area contributed by atoms with Gasteiger partial charge in [-0.3, -0.25) is 9.79 Å². The number of ketones is 1. The Kier molecular flexibility index (Phi) is 3.37. The highest BCUT2D eigenvalue weighted by molar-refractivity contribution is 5.97. The Labute approximate surface area is 74.4 Å². The van der Waals surface area contributed by atoms with E-state index in [1.54, 1.807) is 0 Å². The summed E-state index contributed by atoms with van der Waals surface area (Å²) in [5.74, 6) is -0.0707. The van der Waals surface area contributed by atoms with Crippen LogP contribution in [0, 0.1) is 5.41 Å². The van der Waals surface area contributed by atoms with Crippen molar-refractivity contribution in [3.63, 3.8) is 0 Å². The summed E-state index contributed by atoms with van der Waals surface area (Å²) in [7, 11) is 0. The Morgan fingerprint density at radius 1 is 1.25 bits per heavy atom. The second-order valence-corrected chi connectivity index (χ2v) is 3.95. The molecule has 0 saturated heterocycles. The van der Waals surface area contributed by atoms with Gasteiger partial charge in [-0.2, -0.15) is 0 Å². The third-order valence-corrected chi connectivity index (χ3v) is 1.79. The van der Waals surface area contributed by atoms with Gasteiger partial charge in [0, 0.05) is 12.6 Å². The van der Waals surface area contributed by atoms with Gasteiger partial charge in [-0.15, -0.1) is 0 Å². The predicted octanol–water partition coefficient (Wildman–Crippen LogP) is 2.60. The third kappa shape index (κ3) is 3.46. The molecule has 0 aromatic heterocycles. The number of carbonyl (C=O) groups excluding carboxylic acids is 1. The highest BCUT2D eigenvalue weighted by Crippen LogP contribution is 2.16. The first-order chi connectivity index (χ1) is 5.25. The van der Waals surface area contributed by atoms with E-state index in [0.29, 0.717) is 5.70 Å². The molecule has 0 aliphatic rings. The van der Waals surface area contributed by atoms with E-state index in [-0.39, 0.29) is 11.2 Å². The zero-order valence-corrected chi connectivity index (χ0v) is 8.56. The largest absolute Gasteiger partial charge is 0.293 e. The fraction of sp³-hybridized carbons (Fsp3) is 0.600. The van der Waals surface area contributed by atoms with Crippen molar-refractivity contribution in [1.29, 1.82) is 0 Å². The Morgan fingerprint density at radius 3 is 1.92 bits per heavy atom. The predicted molar refractivity (Wildman–Crippen MR) is 52.4 cm³/mol. The van der Waals surface area contributed by atoms with Gasteiger partial charge in [0.25, 0.3) is 0 Å². The van der Waals surface area contributed by atoms with Crippen LogP contribution in [0.1, 0.15) is 34.6 Å². The van der Waals surface area contributed by atoms with Crippen molar-refractivity contribution in [2.75, 3.05) is 0 Å². The molecule has 0 aliphatic carbocycles. The van der Waals surface area contributed by atoms with Gasteiger partial charge in [0.2, 0.25) is 0 Å². The molecular formula is C10H17NO. The van der Waals surface area contributed by atoms with Crippen molar-refractivity contribution in [3.8, 4) is 0 Å². The highest BCUT2D eigenvalue weighted by Gasteiger charge is 2.14. The fourth-order valence-corrected chi connectivity index (χ4v) is 0.449. The standard InChI is InChI=1S/C10H17NO/c1-7(8(2)12)11-9(3)10(4,5)6/h1H2,2-6H3. The third-order valence-electron chi connectivity index (χ3n) is 1.79. The van der Waals surface area contributed by atoms with Crippen LogP contribution in [0.4, 0.5) is 0 Å². The minimum absolute atomic E-state index is 0.0123. The van der Waals surface area contributed by atoms with Crippen molar-refractivity contribution in [2.45, 2.75) is 34.6 Å². The molecule has 0 aliphatic heterocycles. The molecule has 2 heteroatoms. The molecule has 0 spiro atoms. The minimum Gasteiger partial charge on any atom is -0.293 e. The maximum atomic E-state index is 10.8. The van der Waals surface area contributed by atoms with Crippen LogP contribution in [0.2, 0.25) is 0 Å². The molecule has 0 saturated carbocycles. The first kappa shape index (κ1) is 11.1. The smallest absolute Gasteiger partial charge is 0.177 e. The molecule has 68 valence electrons. The molecule has 0 aromatic carbocycles. The first-order valence-corrected chi connectivity index (χ1v) is 4.00. The number of rotatable bonds is 2. The molecule has 0 aromatic rings. The summed E-state index contributed by atoms with van der Waals surface area (Å²) in [4.78, 5) is 14.9. The Bertz CT molecular complexity index is 231. The SMILES string of the molecule is C=C(N=C(C)C(C)(C)C)C(C)=O. The van der Waals surface area contributed by atoms with Crippen LogP contribution in [0.15, 0.2) is 17.3 Å². The van der Waals surface area contributed by atoms with Gasteiger partial charge >= 0.3 is 0 Å². The van der Waals surface area contributed by atoms with Crippen LogP contribution in [0.25, 0.3) is 0 Å². The number of Topliss-reactive ketones (excluding diaryl/α,β-unsaturated/α-hetero) is 1. The second kappa shape index (κ2) is 3.65. The maximum Gasteiger partial charge on any atom is 0.177 e. The van der Waals surface area contributed by atoms with Gasteiger partial charge in [-0.1, -0.05) is 27.4 Å². The van der Waals surface area contributed by atoms with Crippen molar-refractivity contribution in [1.82, 2.24) is 0 Å². The van der Waals surface area contributed by atoms with E-state index in [9.17, 15) is 4.79 Å². The van der Waals surface area contributed by atoms with Crippen LogP contribution < -0.4 is 0 Å². The van der Waals surface area contributed by atoms with Gasteiger partial charge < -0.3 is 0 Å². The normalized spacial score (nSPS) is 12.9. The summed E-state index contributed by atoms with van der Waals surface area (Å²) < 4.78 is 0. The summed E-state index contributed by atoms with van der Waals surface area (Å²) >= 11 is 0. The van der Waals surface area contributed by atoms with E-state index in [4.69, 9.17) is 0 Å². The number of hydrogen-bond acceptors (Lipinski definition) is 2. The van der Waals surface area contributed by atoms with Crippen LogP contribution in [-0.4, -0.2) is 11.5 Å². The Hall–Kier alpha value is -0.920. The van der Waals surface area contributed by atoms with Crippen LogP contribution in [0.3, 0.4) is 0 Å². The molecule has 0 amide bonds. The van der Waals surface area contributed by atoms with Gasteiger partial charge in [-0.25, -0.2) is 0 Å². The number of nitrogens with zero attached hydrogens (tertiary/aromatic N) is 1. The number of carbonyl (C=O) groups is 1. The lowest BCUT2D eigenvalue weighted by molar-refractivity contribution is -0.113. The summed E-state index contributed by atoms with van der Waals surface area (Å²) in [5, 5.41) is 0. The summed E-state index contributed by atoms with van der Waals surface area (Å²) in [6.45, 7) is 13.1. The molecule has 0 rings (SSSR count). The Morgan fingerprint density at radius 2 is 1.67 bits per heavy atom. The Balaban J connectivity index is 4.59. The molecule has 12 heavy (non-hydrogen) atoms. The molecule has 0 radical (unpaired) electrons. The lowest BCUT2D eigenvalue weighted by Crippen LogP contribution is -2.17. The average molecular weight is 167 g/mol. The van der Waals surface area contributed by atoms with Gasteiger partial charge in [0.1, 0.15) is 0 Å². The van der Waals surface area contributed by atoms with E-state index in [1.165, 1.54) is 6.92 Å². The molecular weight excluding hydrogens is 150 g/mol. The molecule has 0 N–H and O–H groups in total. The lowest BCUT2D eigenvalue weighted by atomic mass is 9.91. The van der Waals surface area contributed by atoms with Crippen molar-refractivity contribution < 1.29 is 4.79 Å². The average Bonchev–Trinajstić information content (AvgIpc) is 1.85. The van der Waals surface area contributed by atoms with E-state index >= 15 is 0 Å². The monoisotopic (exact) mass is 167 g/mol. The van der Waals surface area contributed by atoms with E-state index in [0.717, 1.165) is 5.71 Å². The minimum atomic E-state index is -0.0707. The molecule has 0 heterocycles. The quantitative estimate of drug-likeness (QED) is 0.459. The van der Waals surface area contributed by atoms with Crippen molar-refractivity contribution >= 4 is 11.5 Å². The van der Waals surface area contributed by atoms with Crippen molar-refractivity contribution in [2.24, 2.45) is 10.4 Å². The zero-order chi connectivity index (χ0) is 9.94. The van der Waals surface area contributed by atoms with Crippen molar-refractivity contribution in [3.05, 3.63) is 12.3 Å². The van der Waals surface area contributed by atoms with E-state index in [1.807, 2.05) is 6.92 Å². The number of hydrogen-bond donors (Lipinski definition) is 0. The van der Waals surface area contributed by atoms with Gasteiger partial charge in [-0.05, 0) is 12.3 Å².